The molecule has 0 fully saturated rings. The third-order valence-corrected chi connectivity index (χ3v) is 2.38. The Morgan fingerprint density at radius 2 is 2.06 bits per heavy atom. The molecule has 0 heterocycles. The second kappa shape index (κ2) is 6.45. The molecule has 16 heavy (non-hydrogen) atoms. The maximum atomic E-state index is 13.5. The molecular formula is C12H17FO3. The Balaban J connectivity index is 3.04. The lowest BCUT2D eigenvalue weighted by atomic mass is 10.0. The third kappa shape index (κ3) is 2.93. The maximum absolute atomic E-state index is 13.5. The van der Waals surface area contributed by atoms with Crippen LogP contribution < -0.4 is 4.74 Å². The second-order valence-electron chi connectivity index (χ2n) is 3.48. The Bertz CT molecular complexity index is 339. The summed E-state index contributed by atoms with van der Waals surface area (Å²) in [6.45, 7) is 0.294. The van der Waals surface area contributed by atoms with Crippen LogP contribution in [0.4, 0.5) is 4.39 Å². The summed E-state index contributed by atoms with van der Waals surface area (Å²) < 4.78 is 23.7. The van der Waals surface area contributed by atoms with Gasteiger partial charge in [-0.15, -0.1) is 0 Å². The molecule has 1 aromatic rings. The lowest BCUT2D eigenvalue weighted by Crippen LogP contribution is -2.02. The molecule has 90 valence electrons. The van der Waals surface area contributed by atoms with Crippen LogP contribution in [0.3, 0.4) is 0 Å². The van der Waals surface area contributed by atoms with Crippen molar-refractivity contribution in [2.75, 3.05) is 20.8 Å². The average Bonchev–Trinajstić information content (AvgIpc) is 2.30. The van der Waals surface area contributed by atoms with Crippen LogP contribution >= 0.6 is 0 Å². The number of aliphatic hydroxyl groups excluding tert-OH is 1. The van der Waals surface area contributed by atoms with Crippen molar-refractivity contribution >= 4 is 0 Å². The van der Waals surface area contributed by atoms with E-state index in [0.29, 0.717) is 24.2 Å². The quantitative estimate of drug-likeness (QED) is 0.808. The lowest BCUT2D eigenvalue weighted by Gasteiger charge is -2.13. The maximum Gasteiger partial charge on any atom is 0.132 e. The summed E-state index contributed by atoms with van der Waals surface area (Å²) in [5.41, 5.74) is 1.32. The first-order valence-electron chi connectivity index (χ1n) is 5.18. The van der Waals surface area contributed by atoms with Crippen LogP contribution in [0, 0.1) is 5.82 Å². The highest BCUT2D eigenvalue weighted by molar-refractivity contribution is 5.42. The minimum atomic E-state index is -0.327. The van der Waals surface area contributed by atoms with Crippen LogP contribution in [-0.2, 0) is 17.8 Å². The fourth-order valence-corrected chi connectivity index (χ4v) is 1.65. The van der Waals surface area contributed by atoms with Crippen molar-refractivity contribution in [3.05, 3.63) is 29.1 Å². The van der Waals surface area contributed by atoms with Crippen molar-refractivity contribution in [3.63, 3.8) is 0 Å². The molecule has 0 atom stereocenters. The minimum Gasteiger partial charge on any atom is -0.496 e. The fourth-order valence-electron chi connectivity index (χ4n) is 1.65. The largest absolute Gasteiger partial charge is 0.496 e. The molecule has 0 saturated carbocycles. The fraction of sp³-hybridized carbons (Fsp3) is 0.500. The number of benzene rings is 1. The van der Waals surface area contributed by atoms with E-state index in [4.69, 9.17) is 14.6 Å². The van der Waals surface area contributed by atoms with E-state index in [9.17, 15) is 4.39 Å². The predicted molar refractivity (Wildman–Crippen MR) is 59.1 cm³/mol. The van der Waals surface area contributed by atoms with Gasteiger partial charge in [-0.05, 0) is 24.5 Å². The number of ether oxygens (including phenoxy) is 2. The van der Waals surface area contributed by atoms with Crippen molar-refractivity contribution in [1.82, 2.24) is 0 Å². The Morgan fingerprint density at radius 3 is 2.62 bits per heavy atom. The molecule has 0 aliphatic heterocycles. The second-order valence-corrected chi connectivity index (χ2v) is 3.48. The highest BCUT2D eigenvalue weighted by atomic mass is 19.1. The summed E-state index contributed by atoms with van der Waals surface area (Å²) in [5.74, 6) is 0.196. The Labute approximate surface area is 94.8 Å². The summed E-state index contributed by atoms with van der Waals surface area (Å²) >= 11 is 0. The van der Waals surface area contributed by atoms with Gasteiger partial charge in [0, 0.05) is 13.7 Å². The topological polar surface area (TPSA) is 38.7 Å². The number of hydrogen-bond donors (Lipinski definition) is 1. The van der Waals surface area contributed by atoms with Crippen molar-refractivity contribution in [3.8, 4) is 5.75 Å². The number of aliphatic hydroxyl groups is 1. The first-order valence-corrected chi connectivity index (χ1v) is 5.18. The number of methoxy groups -OCH3 is 2. The van der Waals surface area contributed by atoms with Crippen LogP contribution in [0.2, 0.25) is 0 Å². The molecule has 1 N–H and O–H groups in total. The molecule has 1 rings (SSSR count). The van der Waals surface area contributed by atoms with Gasteiger partial charge in [-0.25, -0.2) is 4.39 Å². The zero-order chi connectivity index (χ0) is 12.0. The van der Waals surface area contributed by atoms with Gasteiger partial charge in [-0.1, -0.05) is 6.07 Å². The van der Waals surface area contributed by atoms with E-state index in [-0.39, 0.29) is 19.0 Å². The first-order chi connectivity index (χ1) is 7.74. The molecule has 0 saturated heterocycles. The van der Waals surface area contributed by atoms with Crippen LogP contribution in [0.5, 0.6) is 5.75 Å². The van der Waals surface area contributed by atoms with Gasteiger partial charge in [0.25, 0.3) is 0 Å². The van der Waals surface area contributed by atoms with Crippen LogP contribution in [0.1, 0.15) is 17.5 Å². The van der Waals surface area contributed by atoms with E-state index in [1.807, 2.05) is 0 Å². The summed E-state index contributed by atoms with van der Waals surface area (Å²) in [7, 11) is 3.02. The number of hydrogen-bond acceptors (Lipinski definition) is 3. The SMILES string of the molecule is COCc1c(F)ccc(CCCO)c1OC. The molecule has 4 heteroatoms. The summed E-state index contributed by atoms with van der Waals surface area (Å²) in [4.78, 5) is 0. The molecular weight excluding hydrogens is 211 g/mol. The molecule has 0 unspecified atom stereocenters. The van der Waals surface area contributed by atoms with E-state index in [1.165, 1.54) is 20.3 Å². The van der Waals surface area contributed by atoms with Crippen molar-refractivity contribution in [1.29, 1.82) is 0 Å². The standard InChI is InChI=1S/C12H17FO3/c1-15-8-10-11(13)6-5-9(4-3-7-14)12(10)16-2/h5-6,14H,3-4,7-8H2,1-2H3. The number of aryl methyl sites for hydroxylation is 1. The van der Waals surface area contributed by atoms with Gasteiger partial charge in [-0.2, -0.15) is 0 Å². The highest BCUT2D eigenvalue weighted by Crippen LogP contribution is 2.28. The highest BCUT2D eigenvalue weighted by Gasteiger charge is 2.13. The molecule has 1 aromatic carbocycles. The van der Waals surface area contributed by atoms with Gasteiger partial charge in [-0.3, -0.25) is 0 Å². The van der Waals surface area contributed by atoms with E-state index in [1.54, 1.807) is 6.07 Å². The predicted octanol–water partition coefficient (Wildman–Crippen LogP) is 1.91. The molecule has 0 spiro atoms. The van der Waals surface area contributed by atoms with Crippen LogP contribution in [-0.4, -0.2) is 25.9 Å². The Kier molecular flexibility index (Phi) is 5.22. The minimum absolute atomic E-state index is 0.111. The van der Waals surface area contributed by atoms with Crippen molar-refractivity contribution < 1.29 is 19.0 Å². The number of halogens is 1. The average molecular weight is 228 g/mol. The zero-order valence-corrected chi connectivity index (χ0v) is 9.62. The van der Waals surface area contributed by atoms with Crippen LogP contribution in [0.25, 0.3) is 0 Å². The zero-order valence-electron chi connectivity index (χ0n) is 9.62. The molecule has 0 amide bonds. The molecule has 0 radical (unpaired) electrons. The smallest absolute Gasteiger partial charge is 0.132 e. The molecule has 0 aromatic heterocycles. The number of rotatable bonds is 6. The van der Waals surface area contributed by atoms with Crippen molar-refractivity contribution in [2.45, 2.75) is 19.4 Å². The first kappa shape index (κ1) is 12.9. The van der Waals surface area contributed by atoms with E-state index >= 15 is 0 Å². The van der Waals surface area contributed by atoms with Crippen LogP contribution in [0.15, 0.2) is 12.1 Å². The van der Waals surface area contributed by atoms with Gasteiger partial charge in [0.2, 0.25) is 0 Å². The molecule has 0 bridgehead atoms. The summed E-state index contributed by atoms with van der Waals surface area (Å²) in [6.07, 6.45) is 1.30. The normalized spacial score (nSPS) is 10.5. The van der Waals surface area contributed by atoms with Gasteiger partial charge < -0.3 is 14.6 Å². The van der Waals surface area contributed by atoms with E-state index < -0.39 is 0 Å². The van der Waals surface area contributed by atoms with Gasteiger partial charge >= 0.3 is 0 Å². The van der Waals surface area contributed by atoms with E-state index in [0.717, 1.165) is 5.56 Å². The van der Waals surface area contributed by atoms with Crippen molar-refractivity contribution in [2.24, 2.45) is 0 Å². The van der Waals surface area contributed by atoms with Gasteiger partial charge in [0.05, 0.1) is 19.3 Å². The monoisotopic (exact) mass is 228 g/mol. The van der Waals surface area contributed by atoms with Gasteiger partial charge in [0.1, 0.15) is 11.6 Å². The molecule has 3 nitrogen and oxygen atoms in total. The third-order valence-electron chi connectivity index (χ3n) is 2.38. The Hall–Kier alpha value is -1.13. The molecule has 0 aliphatic rings. The summed E-state index contributed by atoms with van der Waals surface area (Å²) in [6, 6.07) is 3.09. The lowest BCUT2D eigenvalue weighted by molar-refractivity contribution is 0.177. The van der Waals surface area contributed by atoms with E-state index in [2.05, 4.69) is 0 Å². The molecule has 0 aliphatic carbocycles. The summed E-state index contributed by atoms with van der Waals surface area (Å²) in [5, 5.41) is 8.78. The van der Waals surface area contributed by atoms with Gasteiger partial charge in [0.15, 0.2) is 0 Å². The Morgan fingerprint density at radius 1 is 1.31 bits per heavy atom.